The van der Waals surface area contributed by atoms with Crippen LogP contribution in [0.15, 0.2) is 35.5 Å². The van der Waals surface area contributed by atoms with Crippen LogP contribution >= 0.6 is 0 Å². The first-order valence-corrected chi connectivity index (χ1v) is 6.56. The molecule has 0 radical (unpaired) electrons. The van der Waals surface area contributed by atoms with E-state index in [4.69, 9.17) is 0 Å². The van der Waals surface area contributed by atoms with Crippen LogP contribution in [-0.4, -0.2) is 0 Å². The molecule has 2 rings (SSSR count). The Morgan fingerprint density at radius 2 is 2.19 bits per heavy atom. The van der Waals surface area contributed by atoms with Crippen molar-refractivity contribution in [2.24, 2.45) is 11.3 Å². The minimum atomic E-state index is 0.400. The van der Waals surface area contributed by atoms with Gasteiger partial charge in [0.1, 0.15) is 0 Å². The third-order valence-electron chi connectivity index (χ3n) is 4.77. The second-order valence-electron chi connectivity index (χ2n) is 5.96. The van der Waals surface area contributed by atoms with E-state index in [0.29, 0.717) is 5.41 Å². The summed E-state index contributed by atoms with van der Waals surface area (Å²) in [5.74, 6) is 0.799. The van der Waals surface area contributed by atoms with E-state index in [0.717, 1.165) is 5.92 Å². The fourth-order valence-corrected chi connectivity index (χ4v) is 2.95. The van der Waals surface area contributed by atoms with E-state index in [-0.39, 0.29) is 0 Å². The molecule has 0 spiro atoms. The minimum Gasteiger partial charge on any atom is -0.0956 e. The molecule has 0 saturated heterocycles. The van der Waals surface area contributed by atoms with Crippen molar-refractivity contribution in [2.45, 2.75) is 52.9 Å². The van der Waals surface area contributed by atoms with Gasteiger partial charge in [0.05, 0.1) is 0 Å². The Hall–Kier alpha value is -0.780. The summed E-state index contributed by atoms with van der Waals surface area (Å²) in [6, 6.07) is 0. The molecule has 1 unspecified atom stereocenters. The average molecular weight is 216 g/mol. The number of hydrogen-bond acceptors (Lipinski definition) is 0. The number of allylic oxidation sites excluding steroid dienone is 5. The molecule has 88 valence electrons. The van der Waals surface area contributed by atoms with E-state index in [1.54, 1.807) is 11.1 Å². The zero-order valence-corrected chi connectivity index (χ0v) is 11.0. The quantitative estimate of drug-likeness (QED) is 0.567. The maximum atomic E-state index is 4.15. The lowest BCUT2D eigenvalue weighted by atomic mass is 9.76. The average Bonchev–Trinajstić information content (AvgIpc) is 2.72. The van der Waals surface area contributed by atoms with E-state index in [1.165, 1.54) is 37.7 Å². The number of hydrogen-bond donors (Lipinski definition) is 0. The van der Waals surface area contributed by atoms with Crippen molar-refractivity contribution in [1.29, 1.82) is 0 Å². The van der Waals surface area contributed by atoms with Gasteiger partial charge in [0.2, 0.25) is 0 Å². The molecule has 2 aliphatic rings. The van der Waals surface area contributed by atoms with Crippen LogP contribution in [0.2, 0.25) is 0 Å². The summed E-state index contributed by atoms with van der Waals surface area (Å²) in [6.45, 7) is 11.2. The molecular formula is C16H24. The van der Waals surface area contributed by atoms with Gasteiger partial charge >= 0.3 is 0 Å². The largest absolute Gasteiger partial charge is 0.0956 e. The van der Waals surface area contributed by atoms with Crippen LogP contribution in [0.3, 0.4) is 0 Å². The predicted molar refractivity (Wildman–Crippen MR) is 71.3 cm³/mol. The molecule has 0 N–H and O–H groups in total. The highest BCUT2D eigenvalue weighted by molar-refractivity contribution is 5.32. The van der Waals surface area contributed by atoms with E-state index < -0.39 is 0 Å². The Morgan fingerprint density at radius 3 is 2.69 bits per heavy atom. The van der Waals surface area contributed by atoms with Crippen LogP contribution in [0.25, 0.3) is 0 Å². The van der Waals surface area contributed by atoms with E-state index in [2.05, 4.69) is 39.5 Å². The van der Waals surface area contributed by atoms with Crippen LogP contribution in [0.5, 0.6) is 0 Å². The topological polar surface area (TPSA) is 0 Å². The molecular weight excluding hydrogens is 192 g/mol. The zero-order valence-electron chi connectivity index (χ0n) is 11.0. The molecule has 1 saturated carbocycles. The summed E-state index contributed by atoms with van der Waals surface area (Å²) >= 11 is 0. The van der Waals surface area contributed by atoms with Crippen LogP contribution in [0.4, 0.5) is 0 Å². The third-order valence-corrected chi connectivity index (χ3v) is 4.77. The monoisotopic (exact) mass is 216 g/mol. The third kappa shape index (κ3) is 2.03. The molecule has 2 aliphatic carbocycles. The summed E-state index contributed by atoms with van der Waals surface area (Å²) in [4.78, 5) is 0. The van der Waals surface area contributed by atoms with Crippen molar-refractivity contribution in [3.05, 3.63) is 35.5 Å². The first-order valence-electron chi connectivity index (χ1n) is 6.56. The lowest BCUT2D eigenvalue weighted by Gasteiger charge is -2.29. The molecule has 1 fully saturated rings. The summed E-state index contributed by atoms with van der Waals surface area (Å²) < 4.78 is 0. The van der Waals surface area contributed by atoms with Crippen molar-refractivity contribution in [1.82, 2.24) is 0 Å². The molecule has 0 aliphatic heterocycles. The summed E-state index contributed by atoms with van der Waals surface area (Å²) in [6.07, 6.45) is 11.2. The molecule has 0 aromatic carbocycles. The fourth-order valence-electron chi connectivity index (χ4n) is 2.95. The second kappa shape index (κ2) is 4.24. The zero-order chi connectivity index (χ0) is 11.8. The maximum Gasteiger partial charge on any atom is -0.0113 e. The minimum absolute atomic E-state index is 0.400. The second-order valence-corrected chi connectivity index (χ2v) is 5.96. The highest BCUT2D eigenvalue weighted by Crippen LogP contribution is 2.45. The standard InChI is InChI=1S/C16H24/c1-12-6-5-7-14(12)9-11-15-10-8-13(2)16(15,3)4/h8-9,15H,1,5-7,10-11H2,2-4H3/b14-9+. The van der Waals surface area contributed by atoms with Gasteiger partial charge in [-0.15, -0.1) is 0 Å². The Labute approximate surface area is 100 Å². The Morgan fingerprint density at radius 1 is 1.44 bits per heavy atom. The summed E-state index contributed by atoms with van der Waals surface area (Å²) in [5, 5.41) is 0. The number of rotatable bonds is 2. The summed E-state index contributed by atoms with van der Waals surface area (Å²) in [7, 11) is 0. The molecule has 1 atom stereocenters. The van der Waals surface area contributed by atoms with Crippen molar-refractivity contribution < 1.29 is 0 Å². The maximum absolute atomic E-state index is 4.15. The van der Waals surface area contributed by atoms with Crippen LogP contribution in [0.1, 0.15) is 52.9 Å². The van der Waals surface area contributed by atoms with Crippen molar-refractivity contribution in [3.63, 3.8) is 0 Å². The van der Waals surface area contributed by atoms with Gasteiger partial charge in [-0.25, -0.2) is 0 Å². The van der Waals surface area contributed by atoms with Gasteiger partial charge in [0.25, 0.3) is 0 Å². The summed E-state index contributed by atoms with van der Waals surface area (Å²) in [5.41, 5.74) is 4.90. The highest BCUT2D eigenvalue weighted by atomic mass is 14.4. The highest BCUT2D eigenvalue weighted by Gasteiger charge is 2.33. The Bertz CT molecular complexity index is 352. The molecule has 0 aromatic rings. The van der Waals surface area contributed by atoms with Crippen LogP contribution in [-0.2, 0) is 0 Å². The van der Waals surface area contributed by atoms with Crippen LogP contribution in [0, 0.1) is 11.3 Å². The first-order chi connectivity index (χ1) is 7.51. The molecule has 0 amide bonds. The molecule has 16 heavy (non-hydrogen) atoms. The smallest absolute Gasteiger partial charge is 0.0113 e. The predicted octanol–water partition coefficient (Wildman–Crippen LogP) is 5.04. The van der Waals surface area contributed by atoms with Gasteiger partial charge < -0.3 is 0 Å². The molecule has 0 heteroatoms. The van der Waals surface area contributed by atoms with E-state index in [1.807, 2.05) is 0 Å². The van der Waals surface area contributed by atoms with E-state index >= 15 is 0 Å². The Balaban J connectivity index is 2.00. The van der Waals surface area contributed by atoms with Crippen molar-refractivity contribution in [2.75, 3.05) is 0 Å². The molecule has 0 aromatic heterocycles. The fraction of sp³-hybridized carbons (Fsp3) is 0.625. The first kappa shape index (κ1) is 11.7. The van der Waals surface area contributed by atoms with Gasteiger partial charge in [-0.3, -0.25) is 0 Å². The van der Waals surface area contributed by atoms with Gasteiger partial charge in [0, 0.05) is 0 Å². The molecule has 0 heterocycles. The lowest BCUT2D eigenvalue weighted by molar-refractivity contribution is 0.294. The van der Waals surface area contributed by atoms with Crippen molar-refractivity contribution in [3.8, 4) is 0 Å². The van der Waals surface area contributed by atoms with Gasteiger partial charge in [-0.05, 0) is 55.9 Å². The SMILES string of the molecule is C=C1CCC/C1=C\CC1CC=C(C)C1(C)C. The van der Waals surface area contributed by atoms with Gasteiger partial charge in [0.15, 0.2) is 0 Å². The lowest BCUT2D eigenvalue weighted by Crippen LogP contribution is -2.19. The van der Waals surface area contributed by atoms with Crippen molar-refractivity contribution >= 4 is 0 Å². The molecule has 0 nitrogen and oxygen atoms in total. The van der Waals surface area contributed by atoms with Gasteiger partial charge in [-0.2, -0.15) is 0 Å². The van der Waals surface area contributed by atoms with E-state index in [9.17, 15) is 0 Å². The van der Waals surface area contributed by atoms with Gasteiger partial charge in [-0.1, -0.05) is 43.7 Å². The molecule has 0 bridgehead atoms. The normalized spacial score (nSPS) is 31.2. The Kier molecular flexibility index (Phi) is 3.10. The van der Waals surface area contributed by atoms with Crippen LogP contribution < -0.4 is 0 Å².